The van der Waals surface area contributed by atoms with Crippen molar-refractivity contribution in [2.45, 2.75) is 33.8 Å². The molecule has 0 aliphatic carbocycles. The van der Waals surface area contributed by atoms with Gasteiger partial charge >= 0.3 is 0 Å². The summed E-state index contributed by atoms with van der Waals surface area (Å²) in [6.45, 7) is 7.88. The van der Waals surface area contributed by atoms with Crippen LogP contribution in [0.3, 0.4) is 0 Å². The molecule has 0 aliphatic rings. The van der Waals surface area contributed by atoms with Crippen molar-refractivity contribution >= 4 is 17.9 Å². The summed E-state index contributed by atoms with van der Waals surface area (Å²) < 4.78 is 16.1. The van der Waals surface area contributed by atoms with Gasteiger partial charge in [0.2, 0.25) is 0 Å². The highest BCUT2D eigenvalue weighted by atomic mass is 16.6. The number of ether oxygens (including phenoxy) is 3. The highest BCUT2D eigenvalue weighted by Gasteiger charge is 2.06. The van der Waals surface area contributed by atoms with E-state index in [1.807, 2.05) is 26.0 Å². The van der Waals surface area contributed by atoms with Crippen molar-refractivity contribution in [1.29, 1.82) is 0 Å². The van der Waals surface area contributed by atoms with Gasteiger partial charge in [0.15, 0.2) is 6.61 Å². The third-order valence-corrected chi connectivity index (χ3v) is 3.78. The van der Waals surface area contributed by atoms with Crippen LogP contribution in [0.1, 0.15) is 32.8 Å². The van der Waals surface area contributed by atoms with Crippen molar-refractivity contribution < 1.29 is 28.6 Å². The van der Waals surface area contributed by atoms with Crippen LogP contribution in [0.4, 0.5) is 0 Å². The molecule has 0 fully saturated rings. The molecule has 8 nitrogen and oxygen atoms in total. The van der Waals surface area contributed by atoms with E-state index in [0.717, 1.165) is 5.56 Å². The standard InChI is InChI=1S/C21H32N2O6/c1-4-23-29-15-18-5-7-19(8-6-18)28-16-21(25)22-10-12-27-14-13-26-11-9-20(24)17(2)3/h4-8,17H,9-16H2,1-3H3,(H,22,25)/b23-4-. The predicted molar refractivity (Wildman–Crippen MR) is 110 cm³/mol. The Morgan fingerprint density at radius 1 is 1.07 bits per heavy atom. The number of oxime groups is 1. The first-order valence-electron chi connectivity index (χ1n) is 9.79. The molecule has 0 aromatic heterocycles. The Morgan fingerprint density at radius 3 is 2.41 bits per heavy atom. The van der Waals surface area contributed by atoms with Crippen LogP contribution >= 0.6 is 0 Å². The van der Waals surface area contributed by atoms with Gasteiger partial charge in [-0.05, 0) is 24.6 Å². The molecule has 0 saturated heterocycles. The summed E-state index contributed by atoms with van der Waals surface area (Å²) in [5.41, 5.74) is 0.958. The average Bonchev–Trinajstić information content (AvgIpc) is 2.71. The summed E-state index contributed by atoms with van der Waals surface area (Å²) in [5, 5.41) is 6.40. The second kappa shape index (κ2) is 15.5. The summed E-state index contributed by atoms with van der Waals surface area (Å²) in [6, 6.07) is 7.26. The maximum Gasteiger partial charge on any atom is 0.258 e. The maximum absolute atomic E-state index is 11.8. The normalized spacial score (nSPS) is 11.0. The van der Waals surface area contributed by atoms with Gasteiger partial charge < -0.3 is 24.4 Å². The molecule has 1 amide bonds. The Balaban J connectivity index is 2.01. The van der Waals surface area contributed by atoms with Crippen LogP contribution in [0.2, 0.25) is 0 Å². The van der Waals surface area contributed by atoms with E-state index in [9.17, 15) is 9.59 Å². The van der Waals surface area contributed by atoms with E-state index in [2.05, 4.69) is 10.5 Å². The first kappa shape index (κ1) is 24.6. The molecule has 0 bridgehead atoms. The summed E-state index contributed by atoms with van der Waals surface area (Å²) in [5.74, 6) is 0.624. The summed E-state index contributed by atoms with van der Waals surface area (Å²) in [6.07, 6.45) is 2.00. The Bertz CT molecular complexity index is 616. The molecular formula is C21H32N2O6. The number of carbonyl (C=O) groups is 2. The van der Waals surface area contributed by atoms with Gasteiger partial charge in [0, 0.05) is 25.1 Å². The zero-order chi connectivity index (χ0) is 21.3. The van der Waals surface area contributed by atoms with E-state index in [1.165, 1.54) is 0 Å². The van der Waals surface area contributed by atoms with E-state index in [4.69, 9.17) is 19.0 Å². The number of ketones is 1. The molecule has 0 heterocycles. The van der Waals surface area contributed by atoms with Gasteiger partial charge in [-0.3, -0.25) is 9.59 Å². The fraction of sp³-hybridized carbons (Fsp3) is 0.571. The van der Waals surface area contributed by atoms with Crippen molar-refractivity contribution in [3.05, 3.63) is 29.8 Å². The highest BCUT2D eigenvalue weighted by molar-refractivity contribution is 5.80. The number of nitrogens with one attached hydrogen (secondary N) is 1. The number of hydrogen-bond acceptors (Lipinski definition) is 7. The zero-order valence-electron chi connectivity index (χ0n) is 17.5. The lowest BCUT2D eigenvalue weighted by Crippen LogP contribution is -2.31. The number of amides is 1. The topological polar surface area (TPSA) is 95.5 Å². The molecule has 8 heteroatoms. The number of Topliss-reactive ketones (excluding diaryl/α,β-unsaturated/α-hetero) is 1. The number of rotatable bonds is 16. The number of hydrogen-bond donors (Lipinski definition) is 1. The van der Waals surface area contributed by atoms with Crippen LogP contribution in [0, 0.1) is 5.92 Å². The van der Waals surface area contributed by atoms with Crippen LogP contribution in [0.5, 0.6) is 5.75 Å². The Kier molecular flexibility index (Phi) is 13.1. The third-order valence-electron chi connectivity index (χ3n) is 3.78. The SMILES string of the molecule is C/C=N\OCc1ccc(OCC(=O)NCCOCCOCCC(=O)C(C)C)cc1. The molecule has 0 aliphatic heterocycles. The van der Waals surface area contributed by atoms with Crippen LogP contribution in [0.15, 0.2) is 29.4 Å². The zero-order valence-corrected chi connectivity index (χ0v) is 17.5. The molecule has 1 N–H and O–H groups in total. The van der Waals surface area contributed by atoms with Crippen molar-refractivity contribution in [3.63, 3.8) is 0 Å². The molecule has 1 rings (SSSR count). The number of benzene rings is 1. The lowest BCUT2D eigenvalue weighted by molar-refractivity contribution is -0.123. The minimum atomic E-state index is -0.221. The monoisotopic (exact) mass is 408 g/mol. The molecule has 0 unspecified atom stereocenters. The van der Waals surface area contributed by atoms with Crippen molar-refractivity contribution in [2.75, 3.05) is 39.6 Å². The van der Waals surface area contributed by atoms with Gasteiger partial charge in [0.1, 0.15) is 18.1 Å². The van der Waals surface area contributed by atoms with Gasteiger partial charge in [0.25, 0.3) is 5.91 Å². The summed E-state index contributed by atoms with van der Waals surface area (Å²) in [7, 11) is 0. The molecule has 0 saturated carbocycles. The molecule has 1 aromatic carbocycles. The largest absolute Gasteiger partial charge is 0.484 e. The van der Waals surface area contributed by atoms with Crippen LogP contribution in [0.25, 0.3) is 0 Å². The Hall–Kier alpha value is -2.45. The fourth-order valence-electron chi connectivity index (χ4n) is 2.11. The molecule has 29 heavy (non-hydrogen) atoms. The van der Waals surface area contributed by atoms with Crippen LogP contribution in [-0.2, 0) is 30.5 Å². The lowest BCUT2D eigenvalue weighted by Gasteiger charge is -2.09. The first-order chi connectivity index (χ1) is 14.0. The number of carbonyl (C=O) groups excluding carboxylic acids is 2. The van der Waals surface area contributed by atoms with Gasteiger partial charge in [-0.1, -0.05) is 31.1 Å². The van der Waals surface area contributed by atoms with E-state index in [0.29, 0.717) is 51.7 Å². The number of nitrogens with zero attached hydrogens (tertiary/aromatic N) is 1. The third kappa shape index (κ3) is 12.6. The summed E-state index contributed by atoms with van der Waals surface area (Å²) >= 11 is 0. The predicted octanol–water partition coefficient (Wildman–Crippen LogP) is 2.35. The Labute approximate surface area is 172 Å². The highest BCUT2D eigenvalue weighted by Crippen LogP contribution is 2.12. The fourth-order valence-corrected chi connectivity index (χ4v) is 2.11. The van der Waals surface area contributed by atoms with Crippen molar-refractivity contribution in [3.8, 4) is 5.75 Å². The lowest BCUT2D eigenvalue weighted by atomic mass is 10.1. The minimum Gasteiger partial charge on any atom is -0.484 e. The van der Waals surface area contributed by atoms with Gasteiger partial charge in [-0.2, -0.15) is 0 Å². The molecule has 162 valence electrons. The molecule has 0 atom stereocenters. The van der Waals surface area contributed by atoms with Gasteiger partial charge in [-0.25, -0.2) is 0 Å². The van der Waals surface area contributed by atoms with E-state index in [-0.39, 0.29) is 24.2 Å². The average molecular weight is 408 g/mol. The van der Waals surface area contributed by atoms with Crippen LogP contribution in [-0.4, -0.2) is 57.5 Å². The second-order valence-electron chi connectivity index (χ2n) is 6.52. The summed E-state index contributed by atoms with van der Waals surface area (Å²) in [4.78, 5) is 28.2. The molecule has 0 radical (unpaired) electrons. The molecule has 1 aromatic rings. The molecular weight excluding hydrogens is 376 g/mol. The van der Waals surface area contributed by atoms with Gasteiger partial charge in [0.05, 0.1) is 26.4 Å². The van der Waals surface area contributed by atoms with Crippen molar-refractivity contribution in [2.24, 2.45) is 11.1 Å². The Morgan fingerprint density at radius 2 is 1.76 bits per heavy atom. The molecule has 0 spiro atoms. The minimum absolute atomic E-state index is 0.0437. The van der Waals surface area contributed by atoms with Gasteiger partial charge in [-0.15, -0.1) is 0 Å². The van der Waals surface area contributed by atoms with Crippen molar-refractivity contribution in [1.82, 2.24) is 5.32 Å². The quantitative estimate of drug-likeness (QED) is 0.256. The van der Waals surface area contributed by atoms with E-state index >= 15 is 0 Å². The second-order valence-corrected chi connectivity index (χ2v) is 6.52. The van der Waals surface area contributed by atoms with Crippen LogP contribution < -0.4 is 10.1 Å². The van der Waals surface area contributed by atoms with E-state index < -0.39 is 0 Å². The smallest absolute Gasteiger partial charge is 0.258 e. The van der Waals surface area contributed by atoms with E-state index in [1.54, 1.807) is 25.3 Å². The maximum atomic E-state index is 11.8. The first-order valence-corrected chi connectivity index (χ1v) is 9.79.